The standard InChI is InChI=1S/C28H39NO3Si/c1-8-21-19-20-29(26(30)31-28(5,6)7)24(21)25(27(2,3)4)32-33(22-15-11-9-12-16-22)23-17-13-10-14-18-23/h8-18,21,24-25,33H,1,19-20H2,2-7H3/t21-,24-,25?/m0/s1. The van der Waals surface area contributed by atoms with Crippen molar-refractivity contribution < 1.29 is 14.0 Å². The van der Waals surface area contributed by atoms with Crippen molar-refractivity contribution in [1.82, 2.24) is 4.90 Å². The van der Waals surface area contributed by atoms with Gasteiger partial charge >= 0.3 is 6.09 Å². The topological polar surface area (TPSA) is 38.8 Å². The number of ether oxygens (including phenoxy) is 1. The minimum atomic E-state index is -2.02. The van der Waals surface area contributed by atoms with Gasteiger partial charge in [0, 0.05) is 12.5 Å². The Bertz CT molecular complexity index is 878. The van der Waals surface area contributed by atoms with Gasteiger partial charge in [-0.05, 0) is 43.0 Å². The fraction of sp³-hybridized carbons (Fsp3) is 0.464. The molecule has 1 aliphatic heterocycles. The Morgan fingerprint density at radius 1 is 1.00 bits per heavy atom. The van der Waals surface area contributed by atoms with Crippen LogP contribution in [0.25, 0.3) is 0 Å². The molecule has 0 aliphatic carbocycles. The van der Waals surface area contributed by atoms with Crippen LogP contribution in [0, 0.1) is 11.3 Å². The van der Waals surface area contributed by atoms with E-state index in [-0.39, 0.29) is 29.6 Å². The lowest BCUT2D eigenvalue weighted by Gasteiger charge is -2.43. The number of carbonyl (C=O) groups excluding carboxylic acids is 1. The summed E-state index contributed by atoms with van der Waals surface area (Å²) in [4.78, 5) is 15.1. The highest BCUT2D eigenvalue weighted by atomic mass is 28.3. The zero-order valence-corrected chi connectivity index (χ0v) is 22.1. The van der Waals surface area contributed by atoms with E-state index in [0.29, 0.717) is 6.54 Å². The van der Waals surface area contributed by atoms with Crippen LogP contribution in [0.15, 0.2) is 73.3 Å². The lowest BCUT2D eigenvalue weighted by molar-refractivity contribution is -0.0177. The Hall–Kier alpha value is -2.37. The van der Waals surface area contributed by atoms with Gasteiger partial charge in [-0.15, -0.1) is 6.58 Å². The van der Waals surface area contributed by atoms with Crippen LogP contribution in [0.2, 0.25) is 0 Å². The average molecular weight is 466 g/mol. The third-order valence-electron chi connectivity index (χ3n) is 6.08. The molecule has 3 atom stereocenters. The van der Waals surface area contributed by atoms with Crippen molar-refractivity contribution in [2.75, 3.05) is 6.54 Å². The quantitative estimate of drug-likeness (QED) is 0.456. The molecule has 33 heavy (non-hydrogen) atoms. The van der Waals surface area contributed by atoms with E-state index in [4.69, 9.17) is 9.16 Å². The largest absolute Gasteiger partial charge is 0.444 e. The molecule has 5 heteroatoms. The summed E-state index contributed by atoms with van der Waals surface area (Å²) in [6.07, 6.45) is 2.41. The maximum absolute atomic E-state index is 13.2. The summed E-state index contributed by atoms with van der Waals surface area (Å²) in [5.74, 6) is 0.156. The Balaban J connectivity index is 2.02. The molecular weight excluding hydrogens is 426 g/mol. The molecule has 0 bridgehead atoms. The molecular formula is C28H39NO3Si. The van der Waals surface area contributed by atoms with Gasteiger partial charge in [0.2, 0.25) is 9.04 Å². The average Bonchev–Trinajstić information content (AvgIpc) is 3.17. The lowest BCUT2D eigenvalue weighted by atomic mass is 9.80. The predicted molar refractivity (Wildman–Crippen MR) is 139 cm³/mol. The molecule has 178 valence electrons. The summed E-state index contributed by atoms with van der Waals surface area (Å²) in [5, 5.41) is 2.46. The molecule has 0 spiro atoms. The van der Waals surface area contributed by atoms with E-state index in [1.807, 2.05) is 43.9 Å². The number of benzene rings is 2. The van der Waals surface area contributed by atoms with Crippen molar-refractivity contribution in [1.29, 1.82) is 0 Å². The van der Waals surface area contributed by atoms with Gasteiger partial charge in [-0.2, -0.15) is 0 Å². The van der Waals surface area contributed by atoms with Crippen molar-refractivity contribution in [3.63, 3.8) is 0 Å². The monoisotopic (exact) mass is 465 g/mol. The second-order valence-electron chi connectivity index (χ2n) is 11.0. The van der Waals surface area contributed by atoms with Gasteiger partial charge in [0.1, 0.15) is 5.60 Å². The SMILES string of the molecule is C=C[C@H]1CCN(C(=O)OC(C)(C)C)[C@@H]1C(O[SiH](c1ccccc1)c1ccccc1)C(C)(C)C. The predicted octanol–water partition coefficient (Wildman–Crippen LogP) is 4.77. The number of nitrogens with zero attached hydrogens (tertiary/aromatic N) is 1. The molecule has 2 aromatic rings. The Morgan fingerprint density at radius 3 is 1.94 bits per heavy atom. The minimum Gasteiger partial charge on any atom is -0.444 e. The van der Waals surface area contributed by atoms with Crippen molar-refractivity contribution in [3.05, 3.63) is 73.3 Å². The van der Waals surface area contributed by atoms with Gasteiger partial charge in [0.25, 0.3) is 0 Å². The fourth-order valence-corrected chi connectivity index (χ4v) is 7.27. The Kier molecular flexibility index (Phi) is 7.86. The highest BCUT2D eigenvalue weighted by molar-refractivity contribution is 6.80. The Morgan fingerprint density at radius 2 is 1.52 bits per heavy atom. The maximum Gasteiger partial charge on any atom is 0.410 e. The molecule has 0 N–H and O–H groups in total. The molecule has 0 aromatic heterocycles. The summed E-state index contributed by atoms with van der Waals surface area (Å²) in [5.41, 5.74) is -0.733. The Labute approximate surface area is 201 Å². The summed E-state index contributed by atoms with van der Waals surface area (Å²) in [7, 11) is -2.02. The number of hydrogen-bond acceptors (Lipinski definition) is 3. The van der Waals surface area contributed by atoms with E-state index in [1.54, 1.807) is 0 Å². The molecule has 1 unspecified atom stereocenters. The molecule has 1 amide bonds. The van der Waals surface area contributed by atoms with Crippen molar-refractivity contribution in [3.8, 4) is 0 Å². The fourth-order valence-electron chi connectivity index (χ4n) is 4.57. The van der Waals surface area contributed by atoms with Gasteiger partial charge in [-0.25, -0.2) is 4.79 Å². The summed E-state index contributed by atoms with van der Waals surface area (Å²) >= 11 is 0. The van der Waals surface area contributed by atoms with Crippen LogP contribution in [0.1, 0.15) is 48.0 Å². The number of rotatable bonds is 6. The van der Waals surface area contributed by atoms with Gasteiger partial charge in [-0.3, -0.25) is 0 Å². The third-order valence-corrected chi connectivity index (χ3v) is 8.63. The first-order chi connectivity index (χ1) is 15.5. The van der Waals surface area contributed by atoms with Gasteiger partial charge in [0.05, 0.1) is 12.1 Å². The second-order valence-corrected chi connectivity index (χ2v) is 13.3. The lowest BCUT2D eigenvalue weighted by Crippen LogP contribution is -2.57. The zero-order valence-electron chi connectivity index (χ0n) is 21.0. The van der Waals surface area contributed by atoms with Crippen molar-refractivity contribution in [2.24, 2.45) is 11.3 Å². The van der Waals surface area contributed by atoms with Crippen LogP contribution in [-0.4, -0.2) is 44.3 Å². The maximum atomic E-state index is 13.2. The van der Waals surface area contributed by atoms with Crippen LogP contribution in [-0.2, 0) is 9.16 Å². The number of likely N-dealkylation sites (tertiary alicyclic amines) is 1. The molecule has 2 aromatic carbocycles. The normalized spacial score (nSPS) is 20.0. The van der Waals surface area contributed by atoms with Gasteiger partial charge in [-0.1, -0.05) is 87.5 Å². The van der Waals surface area contributed by atoms with Crippen LogP contribution in [0.4, 0.5) is 4.79 Å². The smallest absolute Gasteiger partial charge is 0.410 e. The zero-order chi connectivity index (χ0) is 24.2. The number of amides is 1. The first kappa shape index (κ1) is 25.3. The van der Waals surface area contributed by atoms with Gasteiger partial charge < -0.3 is 14.1 Å². The summed E-state index contributed by atoms with van der Waals surface area (Å²) in [6.45, 7) is 17.1. The molecule has 3 rings (SSSR count). The van der Waals surface area contributed by atoms with E-state index in [9.17, 15) is 4.79 Å². The summed E-state index contributed by atoms with van der Waals surface area (Å²) < 4.78 is 12.9. The van der Waals surface area contributed by atoms with E-state index in [2.05, 4.69) is 75.9 Å². The highest BCUT2D eigenvalue weighted by Gasteiger charge is 2.47. The number of hydrogen-bond donors (Lipinski definition) is 0. The molecule has 1 aliphatic rings. The van der Waals surface area contributed by atoms with E-state index in [1.165, 1.54) is 10.4 Å². The van der Waals surface area contributed by atoms with Crippen LogP contribution >= 0.6 is 0 Å². The highest BCUT2D eigenvalue weighted by Crippen LogP contribution is 2.38. The first-order valence-corrected chi connectivity index (χ1v) is 13.5. The molecule has 1 heterocycles. The van der Waals surface area contributed by atoms with E-state index >= 15 is 0 Å². The number of carbonyl (C=O) groups is 1. The van der Waals surface area contributed by atoms with E-state index in [0.717, 1.165) is 6.42 Å². The third kappa shape index (κ3) is 6.36. The first-order valence-electron chi connectivity index (χ1n) is 11.9. The molecule has 1 fully saturated rings. The molecule has 1 saturated heterocycles. The minimum absolute atomic E-state index is 0.125. The molecule has 0 radical (unpaired) electrons. The van der Waals surface area contributed by atoms with Gasteiger partial charge in [0.15, 0.2) is 0 Å². The van der Waals surface area contributed by atoms with Crippen LogP contribution < -0.4 is 10.4 Å². The second kappa shape index (κ2) is 10.3. The van der Waals surface area contributed by atoms with E-state index < -0.39 is 14.6 Å². The molecule has 4 nitrogen and oxygen atoms in total. The van der Waals surface area contributed by atoms with Crippen molar-refractivity contribution in [2.45, 2.75) is 65.7 Å². The molecule has 0 saturated carbocycles. The van der Waals surface area contributed by atoms with Crippen LogP contribution in [0.3, 0.4) is 0 Å². The van der Waals surface area contributed by atoms with Crippen LogP contribution in [0.5, 0.6) is 0 Å². The van der Waals surface area contributed by atoms with Crippen molar-refractivity contribution >= 4 is 25.5 Å². The summed E-state index contributed by atoms with van der Waals surface area (Å²) in [6, 6.07) is 20.9.